The van der Waals surface area contributed by atoms with Crippen LogP contribution in [0.4, 0.5) is 0 Å². The van der Waals surface area contributed by atoms with Gasteiger partial charge in [0.25, 0.3) is 0 Å². The molecule has 0 bridgehead atoms. The maximum Gasteiger partial charge on any atom is 0.239 e. The first-order chi connectivity index (χ1) is 10.1. The Bertz CT molecular complexity index is 455. The third-order valence-corrected chi connectivity index (χ3v) is 4.04. The normalized spacial score (nSPS) is 16.9. The molecule has 1 aromatic carbocycles. The fraction of sp³-hybridized carbons (Fsp3) is 0.562. The van der Waals surface area contributed by atoms with E-state index >= 15 is 0 Å². The Morgan fingerprint density at radius 1 is 1.33 bits per heavy atom. The van der Waals surface area contributed by atoms with Gasteiger partial charge in [-0.05, 0) is 50.0 Å². The second-order valence-corrected chi connectivity index (χ2v) is 5.79. The molecule has 116 valence electrons. The minimum absolute atomic E-state index is 0.0257. The van der Waals surface area contributed by atoms with E-state index in [4.69, 9.17) is 5.73 Å². The number of aromatic hydroxyl groups is 1. The number of phenols is 1. The molecule has 1 amide bonds. The summed E-state index contributed by atoms with van der Waals surface area (Å²) in [4.78, 5) is 16.4. The molecule has 3 N–H and O–H groups in total. The number of carbonyl (C=O) groups is 1. The zero-order valence-corrected chi connectivity index (χ0v) is 12.7. The predicted molar refractivity (Wildman–Crippen MR) is 83.1 cm³/mol. The Balaban J connectivity index is 1.78. The zero-order chi connectivity index (χ0) is 15.2. The number of benzene rings is 1. The Morgan fingerprint density at radius 3 is 2.57 bits per heavy atom. The van der Waals surface area contributed by atoms with Gasteiger partial charge in [0, 0.05) is 20.1 Å². The molecule has 0 aliphatic carbocycles. The summed E-state index contributed by atoms with van der Waals surface area (Å²) in [5.74, 6) is 0.198. The van der Waals surface area contributed by atoms with Crippen molar-refractivity contribution in [2.45, 2.75) is 25.3 Å². The van der Waals surface area contributed by atoms with Crippen LogP contribution in [0.1, 0.15) is 18.4 Å². The number of hydrogen-bond donors (Lipinski definition) is 2. The third kappa shape index (κ3) is 4.72. The van der Waals surface area contributed by atoms with Crippen molar-refractivity contribution in [1.29, 1.82) is 0 Å². The maximum atomic E-state index is 12.3. The maximum absolute atomic E-state index is 12.3. The highest BCUT2D eigenvalue weighted by atomic mass is 16.3. The third-order valence-electron chi connectivity index (χ3n) is 4.04. The SMILES string of the molecule is CN(CCN1CCCC1)C(=O)[C@H](N)Cc1ccc(O)cc1. The molecule has 21 heavy (non-hydrogen) atoms. The molecule has 1 fully saturated rings. The fourth-order valence-corrected chi connectivity index (χ4v) is 2.66. The quantitative estimate of drug-likeness (QED) is 0.814. The van der Waals surface area contributed by atoms with E-state index in [9.17, 15) is 9.90 Å². The molecule has 0 unspecified atom stereocenters. The summed E-state index contributed by atoms with van der Waals surface area (Å²) in [7, 11) is 1.81. The number of likely N-dealkylation sites (N-methyl/N-ethyl adjacent to an activating group) is 1. The minimum Gasteiger partial charge on any atom is -0.508 e. The average Bonchev–Trinajstić information content (AvgIpc) is 2.99. The summed E-state index contributed by atoms with van der Waals surface area (Å²) in [6.07, 6.45) is 3.02. The molecule has 0 saturated carbocycles. The van der Waals surface area contributed by atoms with E-state index in [-0.39, 0.29) is 11.7 Å². The molecule has 2 rings (SSSR count). The van der Waals surface area contributed by atoms with Gasteiger partial charge in [0.2, 0.25) is 5.91 Å². The van der Waals surface area contributed by atoms with Crippen LogP contribution in [-0.4, -0.2) is 60.1 Å². The van der Waals surface area contributed by atoms with E-state index in [2.05, 4.69) is 4.90 Å². The first-order valence-electron chi connectivity index (χ1n) is 7.57. The lowest BCUT2D eigenvalue weighted by atomic mass is 10.1. The molecule has 0 aromatic heterocycles. The highest BCUT2D eigenvalue weighted by Crippen LogP contribution is 2.11. The van der Waals surface area contributed by atoms with Gasteiger partial charge in [0.05, 0.1) is 6.04 Å². The number of phenolic OH excluding ortho intramolecular Hbond substituents is 1. The molecule has 5 nitrogen and oxygen atoms in total. The zero-order valence-electron chi connectivity index (χ0n) is 12.7. The van der Waals surface area contributed by atoms with Crippen LogP contribution in [0.25, 0.3) is 0 Å². The van der Waals surface area contributed by atoms with Crippen LogP contribution in [-0.2, 0) is 11.2 Å². The van der Waals surface area contributed by atoms with Crippen LogP contribution >= 0.6 is 0 Å². The molecule has 1 aliphatic rings. The van der Waals surface area contributed by atoms with Crippen molar-refractivity contribution in [3.63, 3.8) is 0 Å². The van der Waals surface area contributed by atoms with Gasteiger partial charge in [0.1, 0.15) is 5.75 Å². The number of nitrogens with zero attached hydrogens (tertiary/aromatic N) is 2. The van der Waals surface area contributed by atoms with Gasteiger partial charge in [-0.3, -0.25) is 4.79 Å². The van der Waals surface area contributed by atoms with Gasteiger partial charge >= 0.3 is 0 Å². The highest BCUT2D eigenvalue weighted by Gasteiger charge is 2.19. The number of amides is 1. The molecular weight excluding hydrogens is 266 g/mol. The van der Waals surface area contributed by atoms with E-state index in [0.717, 1.165) is 31.7 Å². The lowest BCUT2D eigenvalue weighted by Crippen LogP contribution is -2.45. The van der Waals surface area contributed by atoms with Crippen molar-refractivity contribution in [3.05, 3.63) is 29.8 Å². The summed E-state index contributed by atoms with van der Waals surface area (Å²) >= 11 is 0. The summed E-state index contributed by atoms with van der Waals surface area (Å²) in [5, 5.41) is 9.25. The number of carbonyl (C=O) groups excluding carboxylic acids is 1. The fourth-order valence-electron chi connectivity index (χ4n) is 2.66. The van der Waals surface area contributed by atoms with E-state index in [1.54, 1.807) is 29.2 Å². The number of nitrogens with two attached hydrogens (primary N) is 1. The van der Waals surface area contributed by atoms with E-state index in [1.807, 2.05) is 7.05 Å². The Kier molecular flexibility index (Phi) is 5.59. The second-order valence-electron chi connectivity index (χ2n) is 5.79. The molecule has 1 atom stereocenters. The van der Waals surface area contributed by atoms with Crippen molar-refractivity contribution in [3.8, 4) is 5.75 Å². The van der Waals surface area contributed by atoms with Crippen LogP contribution in [0.2, 0.25) is 0 Å². The van der Waals surface area contributed by atoms with Crippen molar-refractivity contribution in [2.75, 3.05) is 33.2 Å². The largest absolute Gasteiger partial charge is 0.508 e. The van der Waals surface area contributed by atoms with Gasteiger partial charge in [-0.15, -0.1) is 0 Å². The van der Waals surface area contributed by atoms with Crippen LogP contribution < -0.4 is 5.73 Å². The van der Waals surface area contributed by atoms with Crippen molar-refractivity contribution in [2.24, 2.45) is 5.73 Å². The highest BCUT2D eigenvalue weighted by molar-refractivity contribution is 5.81. The van der Waals surface area contributed by atoms with Gasteiger partial charge in [0.15, 0.2) is 0 Å². The Hall–Kier alpha value is -1.59. The molecule has 1 saturated heterocycles. The van der Waals surface area contributed by atoms with Crippen LogP contribution in [0.5, 0.6) is 5.75 Å². The summed E-state index contributed by atoms with van der Waals surface area (Å²) in [5.41, 5.74) is 6.96. The van der Waals surface area contributed by atoms with Crippen molar-refractivity contribution >= 4 is 5.91 Å². The van der Waals surface area contributed by atoms with E-state index in [1.165, 1.54) is 12.8 Å². The molecule has 1 heterocycles. The monoisotopic (exact) mass is 291 g/mol. The van der Waals surface area contributed by atoms with Crippen LogP contribution in [0.15, 0.2) is 24.3 Å². The number of rotatable bonds is 6. The first-order valence-corrected chi connectivity index (χ1v) is 7.57. The molecule has 5 heteroatoms. The molecule has 0 radical (unpaired) electrons. The van der Waals surface area contributed by atoms with Gasteiger partial charge in [-0.25, -0.2) is 0 Å². The van der Waals surface area contributed by atoms with Crippen molar-refractivity contribution in [1.82, 2.24) is 9.80 Å². The molecular formula is C16H25N3O2. The standard InChI is InChI=1S/C16H25N3O2/c1-18(10-11-19-8-2-3-9-19)16(21)15(17)12-13-4-6-14(20)7-5-13/h4-7,15,20H,2-3,8-12,17H2,1H3/t15-/m1/s1. The second kappa shape index (κ2) is 7.43. The first kappa shape index (κ1) is 15.8. The summed E-state index contributed by atoms with van der Waals surface area (Å²) in [6.45, 7) is 3.93. The van der Waals surface area contributed by atoms with E-state index < -0.39 is 6.04 Å². The Morgan fingerprint density at radius 2 is 1.95 bits per heavy atom. The summed E-state index contributed by atoms with van der Waals surface area (Å²) in [6, 6.07) is 6.30. The summed E-state index contributed by atoms with van der Waals surface area (Å²) < 4.78 is 0. The number of likely N-dealkylation sites (tertiary alicyclic amines) is 1. The van der Waals surface area contributed by atoms with Gasteiger partial charge < -0.3 is 20.6 Å². The lowest BCUT2D eigenvalue weighted by molar-refractivity contribution is -0.131. The van der Waals surface area contributed by atoms with Crippen LogP contribution in [0, 0.1) is 0 Å². The molecule has 0 spiro atoms. The van der Waals surface area contributed by atoms with Crippen LogP contribution in [0.3, 0.4) is 0 Å². The lowest BCUT2D eigenvalue weighted by Gasteiger charge is -2.24. The van der Waals surface area contributed by atoms with E-state index in [0.29, 0.717) is 6.42 Å². The van der Waals surface area contributed by atoms with Gasteiger partial charge in [-0.2, -0.15) is 0 Å². The Labute approximate surface area is 126 Å². The molecule has 1 aromatic rings. The van der Waals surface area contributed by atoms with Gasteiger partial charge in [-0.1, -0.05) is 12.1 Å². The minimum atomic E-state index is -0.530. The predicted octanol–water partition coefficient (Wildman–Crippen LogP) is 0.816. The van der Waals surface area contributed by atoms with Crippen molar-refractivity contribution < 1.29 is 9.90 Å². The number of hydrogen-bond acceptors (Lipinski definition) is 4. The topological polar surface area (TPSA) is 69.8 Å². The average molecular weight is 291 g/mol. The smallest absolute Gasteiger partial charge is 0.239 e. The molecule has 1 aliphatic heterocycles.